The Hall–Kier alpha value is -1.35. The number of nitrogens with zero attached hydrogens (tertiary/aromatic N) is 2. The minimum atomic E-state index is 0.291. The molecule has 3 heteroatoms. The van der Waals surface area contributed by atoms with Gasteiger partial charge in [0.15, 0.2) is 0 Å². The molecular weight excluding hydrogens is 260 g/mol. The molecule has 1 heterocycles. The van der Waals surface area contributed by atoms with Crippen molar-refractivity contribution in [3.63, 3.8) is 0 Å². The van der Waals surface area contributed by atoms with Crippen molar-refractivity contribution < 1.29 is 4.79 Å². The average Bonchev–Trinajstić information content (AvgIpc) is 2.45. The van der Waals surface area contributed by atoms with Crippen LogP contribution in [0.1, 0.15) is 31.2 Å². The third kappa shape index (κ3) is 3.13. The van der Waals surface area contributed by atoms with E-state index in [1.165, 1.54) is 25.7 Å². The lowest BCUT2D eigenvalue weighted by molar-refractivity contribution is -0.134. The van der Waals surface area contributed by atoms with E-state index >= 15 is 0 Å². The predicted octanol–water partition coefficient (Wildman–Crippen LogP) is 2.56. The van der Waals surface area contributed by atoms with Gasteiger partial charge >= 0.3 is 0 Å². The van der Waals surface area contributed by atoms with Gasteiger partial charge in [-0.2, -0.15) is 0 Å². The normalized spacial score (nSPS) is 21.6. The Labute approximate surface area is 127 Å². The van der Waals surface area contributed by atoms with E-state index in [-0.39, 0.29) is 0 Å². The van der Waals surface area contributed by atoms with E-state index < -0.39 is 0 Å². The van der Waals surface area contributed by atoms with Crippen LogP contribution in [0, 0.1) is 5.41 Å². The van der Waals surface area contributed by atoms with E-state index in [4.69, 9.17) is 0 Å². The number of piperidine rings is 1. The maximum Gasteiger partial charge on any atom is 0.226 e. The van der Waals surface area contributed by atoms with E-state index in [1.807, 2.05) is 30.3 Å². The molecular formula is C18H26N2O. The molecule has 1 aromatic rings. The second kappa shape index (κ2) is 5.80. The van der Waals surface area contributed by atoms with Gasteiger partial charge in [0.05, 0.1) is 6.42 Å². The Morgan fingerprint density at radius 2 is 1.81 bits per heavy atom. The number of hydrogen-bond donors (Lipinski definition) is 0. The predicted molar refractivity (Wildman–Crippen MR) is 85.1 cm³/mol. The van der Waals surface area contributed by atoms with Crippen molar-refractivity contribution in [2.24, 2.45) is 5.41 Å². The van der Waals surface area contributed by atoms with Crippen molar-refractivity contribution in [3.8, 4) is 0 Å². The lowest BCUT2D eigenvalue weighted by Crippen LogP contribution is -2.54. The molecule has 1 amide bonds. The van der Waals surface area contributed by atoms with Crippen LogP contribution >= 0.6 is 0 Å². The van der Waals surface area contributed by atoms with Crippen molar-refractivity contribution >= 4 is 5.91 Å². The highest BCUT2D eigenvalue weighted by molar-refractivity contribution is 5.78. The molecule has 2 fully saturated rings. The van der Waals surface area contributed by atoms with Crippen LogP contribution in [-0.4, -0.2) is 48.9 Å². The van der Waals surface area contributed by atoms with Crippen LogP contribution in [0.3, 0.4) is 0 Å². The summed E-state index contributed by atoms with van der Waals surface area (Å²) in [6.07, 6.45) is 5.57. The van der Waals surface area contributed by atoms with Gasteiger partial charge in [-0.1, -0.05) is 30.3 Å². The standard InChI is InChI=1S/C18H26N2O/c1-19(2)16-13-18(14-16)8-10-20(11-9-18)17(21)12-15-6-4-3-5-7-15/h3-7,16H,8-14H2,1-2H3. The monoisotopic (exact) mass is 286 g/mol. The molecule has 0 unspecified atom stereocenters. The lowest BCUT2D eigenvalue weighted by Gasteiger charge is -2.54. The van der Waals surface area contributed by atoms with Crippen LogP contribution in [0.4, 0.5) is 0 Å². The first-order chi connectivity index (χ1) is 10.1. The lowest BCUT2D eigenvalue weighted by atomic mass is 9.60. The summed E-state index contributed by atoms with van der Waals surface area (Å²) in [7, 11) is 4.35. The van der Waals surface area contributed by atoms with Crippen LogP contribution in [0.15, 0.2) is 30.3 Å². The Morgan fingerprint density at radius 3 is 2.38 bits per heavy atom. The van der Waals surface area contributed by atoms with Gasteiger partial charge in [-0.15, -0.1) is 0 Å². The molecule has 0 bridgehead atoms. The van der Waals surface area contributed by atoms with Gasteiger partial charge in [0.25, 0.3) is 0 Å². The van der Waals surface area contributed by atoms with Crippen molar-refractivity contribution in [3.05, 3.63) is 35.9 Å². The largest absolute Gasteiger partial charge is 0.342 e. The number of carbonyl (C=O) groups is 1. The van der Waals surface area contributed by atoms with Crippen molar-refractivity contribution in [1.29, 1.82) is 0 Å². The van der Waals surface area contributed by atoms with Gasteiger partial charge in [0.2, 0.25) is 5.91 Å². The molecule has 3 rings (SSSR count). The summed E-state index contributed by atoms with van der Waals surface area (Å²) in [5, 5.41) is 0. The Morgan fingerprint density at radius 1 is 1.19 bits per heavy atom. The molecule has 0 atom stereocenters. The van der Waals surface area contributed by atoms with Gasteiger partial charge < -0.3 is 9.80 Å². The maximum atomic E-state index is 12.4. The summed E-state index contributed by atoms with van der Waals surface area (Å²) in [6, 6.07) is 10.8. The highest BCUT2D eigenvalue weighted by Crippen LogP contribution is 2.50. The van der Waals surface area contributed by atoms with Gasteiger partial charge in [-0.25, -0.2) is 0 Å². The van der Waals surface area contributed by atoms with E-state index in [0.717, 1.165) is 24.7 Å². The van der Waals surface area contributed by atoms with Gasteiger partial charge in [0, 0.05) is 19.1 Å². The molecule has 1 saturated carbocycles. The fourth-order valence-corrected chi connectivity index (χ4v) is 3.83. The number of hydrogen-bond acceptors (Lipinski definition) is 2. The highest BCUT2D eigenvalue weighted by Gasteiger charge is 2.46. The fraction of sp³-hybridized carbons (Fsp3) is 0.611. The molecule has 1 saturated heterocycles. The first kappa shape index (κ1) is 14.6. The molecule has 0 radical (unpaired) electrons. The summed E-state index contributed by atoms with van der Waals surface area (Å²) < 4.78 is 0. The van der Waals surface area contributed by atoms with Crippen LogP contribution in [0.2, 0.25) is 0 Å². The molecule has 0 aromatic heterocycles. The van der Waals surface area contributed by atoms with Crippen LogP contribution in [-0.2, 0) is 11.2 Å². The molecule has 3 nitrogen and oxygen atoms in total. The van der Waals surface area contributed by atoms with Crippen molar-refractivity contribution in [2.45, 2.75) is 38.1 Å². The maximum absolute atomic E-state index is 12.4. The van der Waals surface area contributed by atoms with Crippen molar-refractivity contribution in [1.82, 2.24) is 9.80 Å². The quantitative estimate of drug-likeness (QED) is 0.852. The van der Waals surface area contributed by atoms with E-state index in [9.17, 15) is 4.79 Å². The van der Waals surface area contributed by atoms with Crippen LogP contribution in [0.25, 0.3) is 0 Å². The fourth-order valence-electron chi connectivity index (χ4n) is 3.83. The summed E-state index contributed by atoms with van der Waals surface area (Å²) in [4.78, 5) is 16.8. The topological polar surface area (TPSA) is 23.6 Å². The second-order valence-electron chi connectivity index (χ2n) is 7.07. The minimum Gasteiger partial charge on any atom is -0.342 e. The number of rotatable bonds is 3. The van der Waals surface area contributed by atoms with E-state index in [1.54, 1.807) is 0 Å². The molecule has 21 heavy (non-hydrogen) atoms. The summed E-state index contributed by atoms with van der Waals surface area (Å²) >= 11 is 0. The number of amides is 1. The zero-order chi connectivity index (χ0) is 14.9. The summed E-state index contributed by atoms with van der Waals surface area (Å²) in [6.45, 7) is 1.90. The first-order valence-corrected chi connectivity index (χ1v) is 8.06. The molecule has 1 aromatic carbocycles. The zero-order valence-electron chi connectivity index (χ0n) is 13.2. The number of benzene rings is 1. The molecule has 1 aliphatic heterocycles. The first-order valence-electron chi connectivity index (χ1n) is 8.06. The highest BCUT2D eigenvalue weighted by atomic mass is 16.2. The minimum absolute atomic E-state index is 0.291. The van der Waals surface area contributed by atoms with Crippen LogP contribution in [0.5, 0.6) is 0 Å². The second-order valence-corrected chi connectivity index (χ2v) is 7.07. The molecule has 114 valence electrons. The third-order valence-electron chi connectivity index (χ3n) is 5.44. The van der Waals surface area contributed by atoms with Crippen LogP contribution < -0.4 is 0 Å². The number of likely N-dealkylation sites (tertiary alicyclic amines) is 1. The van der Waals surface area contributed by atoms with Crippen molar-refractivity contribution in [2.75, 3.05) is 27.2 Å². The molecule has 1 spiro atoms. The molecule has 1 aliphatic carbocycles. The van der Waals surface area contributed by atoms with E-state index in [2.05, 4.69) is 23.9 Å². The SMILES string of the molecule is CN(C)C1CC2(CCN(C(=O)Cc3ccccc3)CC2)C1. The number of carbonyl (C=O) groups excluding carboxylic acids is 1. The van der Waals surface area contributed by atoms with Gasteiger partial charge in [0.1, 0.15) is 0 Å². The van der Waals surface area contributed by atoms with Gasteiger partial charge in [-0.05, 0) is 50.8 Å². The molecule has 0 N–H and O–H groups in total. The summed E-state index contributed by atoms with van der Waals surface area (Å²) in [5.41, 5.74) is 1.66. The molecule has 2 aliphatic rings. The van der Waals surface area contributed by atoms with Gasteiger partial charge in [-0.3, -0.25) is 4.79 Å². The Balaban J connectivity index is 1.49. The van der Waals surface area contributed by atoms with E-state index in [0.29, 0.717) is 17.7 Å². The Kier molecular flexibility index (Phi) is 4.03. The zero-order valence-corrected chi connectivity index (χ0v) is 13.2. The smallest absolute Gasteiger partial charge is 0.226 e. The average molecular weight is 286 g/mol. The Bertz CT molecular complexity index is 481. The summed E-state index contributed by atoms with van der Waals surface area (Å²) in [5.74, 6) is 0.291. The third-order valence-corrected chi connectivity index (χ3v) is 5.44.